The molecule has 3 N–H and O–H groups in total. The standard InChI is InChI=1S/C37H77N2O6P/c1-6-8-10-12-14-16-18-19-21-22-24-26-28-30-36(40)35(34-45-46(42,43)44-33-32-39(3,4)5)38-37(41)31-29-27-25-23-20-17-15-13-11-9-7-2/h35-36,40H,6-34H2,1-5H3,(H-,38,41,42,43)/p+1. The van der Waals surface area contributed by atoms with E-state index < -0.39 is 20.0 Å². The number of hydrogen-bond acceptors (Lipinski definition) is 5. The van der Waals surface area contributed by atoms with Crippen molar-refractivity contribution in [1.29, 1.82) is 0 Å². The summed E-state index contributed by atoms with van der Waals surface area (Å²) in [5, 5.41) is 13.9. The molecule has 3 atom stereocenters. The number of carbonyl (C=O) groups is 1. The summed E-state index contributed by atoms with van der Waals surface area (Å²) in [5.74, 6) is -0.146. The smallest absolute Gasteiger partial charge is 0.391 e. The Hall–Kier alpha value is -0.500. The van der Waals surface area contributed by atoms with E-state index in [1.165, 1.54) is 116 Å². The zero-order chi connectivity index (χ0) is 34.4. The summed E-state index contributed by atoms with van der Waals surface area (Å²) in [6.07, 6.45) is 29.7. The van der Waals surface area contributed by atoms with E-state index in [0.717, 1.165) is 38.5 Å². The highest BCUT2D eigenvalue weighted by Crippen LogP contribution is 2.43. The average molecular weight is 678 g/mol. The van der Waals surface area contributed by atoms with Crippen molar-refractivity contribution < 1.29 is 32.9 Å². The molecule has 276 valence electrons. The van der Waals surface area contributed by atoms with Gasteiger partial charge in [0.15, 0.2) is 0 Å². The lowest BCUT2D eigenvalue weighted by Crippen LogP contribution is -2.46. The molecule has 0 bridgehead atoms. The van der Waals surface area contributed by atoms with Gasteiger partial charge in [-0.25, -0.2) is 4.57 Å². The highest BCUT2D eigenvalue weighted by Gasteiger charge is 2.28. The Morgan fingerprint density at radius 3 is 1.46 bits per heavy atom. The van der Waals surface area contributed by atoms with Crippen molar-refractivity contribution in [2.45, 2.75) is 193 Å². The van der Waals surface area contributed by atoms with Gasteiger partial charge in [-0.2, -0.15) is 0 Å². The van der Waals surface area contributed by atoms with Crippen molar-refractivity contribution in [3.8, 4) is 0 Å². The Labute approximate surface area is 285 Å². The monoisotopic (exact) mass is 678 g/mol. The molecule has 0 aromatic heterocycles. The summed E-state index contributed by atoms with van der Waals surface area (Å²) in [6, 6.07) is -0.750. The van der Waals surface area contributed by atoms with Crippen LogP contribution in [0.5, 0.6) is 0 Å². The molecule has 46 heavy (non-hydrogen) atoms. The molecule has 0 heterocycles. The normalized spacial score (nSPS) is 14.7. The molecule has 0 spiro atoms. The van der Waals surface area contributed by atoms with Crippen LogP contribution in [0.2, 0.25) is 0 Å². The van der Waals surface area contributed by atoms with Gasteiger partial charge >= 0.3 is 7.82 Å². The number of carbonyl (C=O) groups excluding carboxylic acids is 1. The Bertz CT molecular complexity index is 733. The summed E-state index contributed by atoms with van der Waals surface area (Å²) in [5.41, 5.74) is 0. The fourth-order valence-electron chi connectivity index (χ4n) is 5.69. The van der Waals surface area contributed by atoms with Gasteiger partial charge in [0.2, 0.25) is 5.91 Å². The summed E-state index contributed by atoms with van der Waals surface area (Å²) in [6.45, 7) is 4.87. The molecule has 0 aromatic carbocycles. The number of phosphoric ester groups is 1. The maximum atomic E-state index is 12.8. The number of hydrogen-bond donors (Lipinski definition) is 3. The first-order chi connectivity index (χ1) is 22.0. The lowest BCUT2D eigenvalue weighted by atomic mass is 10.0. The first kappa shape index (κ1) is 45.5. The molecule has 0 saturated heterocycles. The number of quaternary nitrogens is 1. The Kier molecular flexibility index (Phi) is 30.2. The summed E-state index contributed by atoms with van der Waals surface area (Å²) in [7, 11) is 1.62. The molecule has 0 aliphatic carbocycles. The van der Waals surface area contributed by atoms with Crippen LogP contribution in [-0.4, -0.2) is 73.4 Å². The number of amides is 1. The molecular formula is C37H78N2O6P+. The Morgan fingerprint density at radius 1 is 0.652 bits per heavy atom. The lowest BCUT2D eigenvalue weighted by molar-refractivity contribution is -0.870. The van der Waals surface area contributed by atoms with Crippen LogP contribution in [0.4, 0.5) is 0 Å². The number of likely N-dealkylation sites (N-methyl/N-ethyl adjacent to an activating group) is 1. The third-order valence-electron chi connectivity index (χ3n) is 8.86. The van der Waals surface area contributed by atoms with E-state index in [1.807, 2.05) is 21.1 Å². The van der Waals surface area contributed by atoms with E-state index in [9.17, 15) is 19.4 Å². The van der Waals surface area contributed by atoms with E-state index in [0.29, 0.717) is 23.9 Å². The minimum Gasteiger partial charge on any atom is -0.391 e. The second-order valence-corrected chi connectivity index (χ2v) is 16.1. The maximum absolute atomic E-state index is 12.8. The molecule has 0 radical (unpaired) electrons. The summed E-state index contributed by atoms with van der Waals surface area (Å²) in [4.78, 5) is 23.0. The van der Waals surface area contributed by atoms with Gasteiger partial charge < -0.3 is 19.8 Å². The van der Waals surface area contributed by atoms with Crippen LogP contribution in [0.25, 0.3) is 0 Å². The van der Waals surface area contributed by atoms with Crippen molar-refractivity contribution in [3.63, 3.8) is 0 Å². The van der Waals surface area contributed by atoms with E-state index in [4.69, 9.17) is 9.05 Å². The number of phosphoric acid groups is 1. The predicted molar refractivity (Wildman–Crippen MR) is 194 cm³/mol. The van der Waals surface area contributed by atoms with Crippen LogP contribution in [-0.2, 0) is 18.4 Å². The van der Waals surface area contributed by atoms with Gasteiger partial charge in [-0.15, -0.1) is 0 Å². The quantitative estimate of drug-likeness (QED) is 0.0350. The van der Waals surface area contributed by atoms with Gasteiger partial charge in [0.05, 0.1) is 39.9 Å². The second kappa shape index (κ2) is 30.6. The fraction of sp³-hybridized carbons (Fsp3) is 0.973. The number of rotatable bonds is 35. The van der Waals surface area contributed by atoms with Crippen molar-refractivity contribution in [1.82, 2.24) is 5.32 Å². The maximum Gasteiger partial charge on any atom is 0.472 e. The molecule has 3 unspecified atom stereocenters. The van der Waals surface area contributed by atoms with Crippen LogP contribution < -0.4 is 5.32 Å². The molecule has 0 aliphatic rings. The number of aliphatic hydroxyl groups is 1. The molecule has 0 fully saturated rings. The third kappa shape index (κ3) is 32.1. The van der Waals surface area contributed by atoms with Crippen molar-refractivity contribution in [2.75, 3.05) is 40.9 Å². The first-order valence-electron chi connectivity index (χ1n) is 19.4. The topological polar surface area (TPSA) is 105 Å². The van der Waals surface area contributed by atoms with Gasteiger partial charge in [0, 0.05) is 6.42 Å². The summed E-state index contributed by atoms with van der Waals surface area (Å²) >= 11 is 0. The predicted octanol–water partition coefficient (Wildman–Crippen LogP) is 9.85. The molecule has 0 aliphatic heterocycles. The minimum absolute atomic E-state index is 0.0780. The van der Waals surface area contributed by atoms with Crippen molar-refractivity contribution in [3.05, 3.63) is 0 Å². The Balaban J connectivity index is 4.45. The molecule has 0 saturated carbocycles. The molecule has 0 aromatic rings. The van der Waals surface area contributed by atoms with Gasteiger partial charge in [-0.1, -0.05) is 162 Å². The van der Waals surface area contributed by atoms with Crippen molar-refractivity contribution in [2.24, 2.45) is 0 Å². The van der Waals surface area contributed by atoms with Gasteiger partial charge in [0.25, 0.3) is 0 Å². The molecular weight excluding hydrogens is 599 g/mol. The van der Waals surface area contributed by atoms with Crippen molar-refractivity contribution >= 4 is 13.7 Å². The largest absolute Gasteiger partial charge is 0.472 e. The van der Waals surface area contributed by atoms with E-state index in [1.54, 1.807) is 0 Å². The highest BCUT2D eigenvalue weighted by atomic mass is 31.2. The molecule has 9 heteroatoms. The number of unbranched alkanes of at least 4 members (excludes halogenated alkanes) is 22. The zero-order valence-electron chi connectivity index (χ0n) is 31.1. The van der Waals surface area contributed by atoms with E-state index >= 15 is 0 Å². The van der Waals surface area contributed by atoms with E-state index in [-0.39, 0.29) is 19.1 Å². The number of aliphatic hydroxyl groups excluding tert-OH is 1. The SMILES string of the molecule is CCCCCCCCCCCCCCCC(O)C(COP(=O)(O)OCC[N+](C)(C)C)NC(=O)CCCCCCCCCCCCC. The van der Waals surface area contributed by atoms with Crippen LogP contribution in [0.3, 0.4) is 0 Å². The van der Waals surface area contributed by atoms with Crippen LogP contribution in [0, 0.1) is 0 Å². The van der Waals surface area contributed by atoms with Crippen LogP contribution in [0.15, 0.2) is 0 Å². The number of nitrogens with one attached hydrogen (secondary N) is 1. The van der Waals surface area contributed by atoms with Gasteiger partial charge in [-0.05, 0) is 12.8 Å². The third-order valence-corrected chi connectivity index (χ3v) is 9.84. The molecule has 1 amide bonds. The highest BCUT2D eigenvalue weighted by molar-refractivity contribution is 7.47. The minimum atomic E-state index is -4.30. The van der Waals surface area contributed by atoms with Crippen LogP contribution >= 0.6 is 7.82 Å². The molecule has 8 nitrogen and oxygen atoms in total. The average Bonchev–Trinajstić information content (AvgIpc) is 2.99. The lowest BCUT2D eigenvalue weighted by Gasteiger charge is -2.26. The van der Waals surface area contributed by atoms with Gasteiger partial charge in [-0.3, -0.25) is 13.8 Å². The van der Waals surface area contributed by atoms with Crippen LogP contribution in [0.1, 0.15) is 181 Å². The zero-order valence-corrected chi connectivity index (χ0v) is 32.0. The fourth-order valence-corrected chi connectivity index (χ4v) is 6.43. The molecule has 0 rings (SSSR count). The Morgan fingerprint density at radius 2 is 1.04 bits per heavy atom. The summed E-state index contributed by atoms with van der Waals surface area (Å²) < 4.78 is 23.5. The van der Waals surface area contributed by atoms with E-state index in [2.05, 4.69) is 19.2 Å². The van der Waals surface area contributed by atoms with Gasteiger partial charge in [0.1, 0.15) is 13.2 Å². The second-order valence-electron chi connectivity index (χ2n) is 14.7. The number of nitrogens with zero attached hydrogens (tertiary/aromatic N) is 1. The first-order valence-corrected chi connectivity index (χ1v) is 20.9.